The third-order valence-electron chi connectivity index (χ3n) is 10.9. The van der Waals surface area contributed by atoms with Gasteiger partial charge in [-0.25, -0.2) is 0 Å². The van der Waals surface area contributed by atoms with E-state index in [0.29, 0.717) is 39.7 Å². The Morgan fingerprint density at radius 1 is 0.863 bits per heavy atom. The second kappa shape index (κ2) is 12.7. The van der Waals surface area contributed by atoms with Crippen LogP contribution in [0.4, 0.5) is 11.4 Å². The molecule has 2 aliphatic carbocycles. The van der Waals surface area contributed by atoms with Gasteiger partial charge in [0.15, 0.2) is 0 Å². The van der Waals surface area contributed by atoms with Gasteiger partial charge < -0.3 is 9.84 Å². The first-order valence-corrected chi connectivity index (χ1v) is 18.2. The first-order valence-electron chi connectivity index (χ1n) is 16.4. The van der Waals surface area contributed by atoms with E-state index in [1.807, 2.05) is 18.2 Å². The van der Waals surface area contributed by atoms with Crippen LogP contribution < -0.4 is 15.1 Å². The number of carbonyl (C=O) groups is 4. The normalized spacial score (nSPS) is 26.8. The van der Waals surface area contributed by atoms with E-state index < -0.39 is 46.8 Å². The number of allylic oxidation sites excluding steroid dienone is 2. The number of phenols is 1. The van der Waals surface area contributed by atoms with Gasteiger partial charge in [-0.1, -0.05) is 59.1 Å². The van der Waals surface area contributed by atoms with Gasteiger partial charge >= 0.3 is 0 Å². The Morgan fingerprint density at radius 3 is 2.24 bits per heavy atom. The number of nitrogens with one attached hydrogen (secondary N) is 1. The average Bonchev–Trinajstić information content (AvgIpc) is 3.51. The molecule has 3 fully saturated rings. The van der Waals surface area contributed by atoms with Crippen LogP contribution in [0.3, 0.4) is 0 Å². The molecule has 0 radical (unpaired) electrons. The van der Waals surface area contributed by atoms with Crippen LogP contribution in [0, 0.1) is 27.2 Å². The number of methoxy groups -OCH3 is 1. The molecule has 6 atom stereocenters. The number of anilines is 2. The standard InChI is InChI=1S/C39H30Cl2IN3O6/c1-51-26-13-4-21(5-14-26)39-30(36(48)45(38(39)50)43-32-17-6-22(40)18-31(32)41)19-29-27(34(39)20-2-11-25(46)12-3-20)15-16-28-33(29)37(49)44(35(28)47)24-9-7-23(42)8-10-24/h2-15,17-18,28-30,33-34,43,46H,16,19H2,1H3. The fourth-order valence-electron chi connectivity index (χ4n) is 8.73. The molecule has 0 spiro atoms. The maximum absolute atomic E-state index is 15.3. The predicted octanol–water partition coefficient (Wildman–Crippen LogP) is 7.50. The number of aromatic hydroxyl groups is 1. The summed E-state index contributed by atoms with van der Waals surface area (Å²) in [5.74, 6) is -4.53. The number of hydrogen-bond donors (Lipinski definition) is 2. The number of halogens is 3. The minimum Gasteiger partial charge on any atom is -0.508 e. The number of fused-ring (bicyclic) bond motifs is 4. The summed E-state index contributed by atoms with van der Waals surface area (Å²) in [6.07, 6.45) is 2.44. The SMILES string of the molecule is COc1ccc(C23C(=O)N(Nc4ccc(Cl)cc4Cl)C(=O)C2CC2C(=CCC4C(=O)N(c5ccc(I)cc5)C(=O)C42)C3c2ccc(O)cc2)cc1. The number of carbonyl (C=O) groups excluding carboxylic acids is 4. The second-order valence-corrected chi connectivity index (χ2v) is 15.4. The maximum atomic E-state index is 15.3. The Balaban J connectivity index is 1.32. The second-order valence-electron chi connectivity index (χ2n) is 13.3. The minimum absolute atomic E-state index is 0.0399. The van der Waals surface area contributed by atoms with Crippen molar-refractivity contribution < 1.29 is 29.0 Å². The smallest absolute Gasteiger partial charge is 0.260 e. The van der Waals surface area contributed by atoms with Gasteiger partial charge in [-0.2, -0.15) is 5.01 Å². The molecule has 4 aromatic carbocycles. The highest BCUT2D eigenvalue weighted by molar-refractivity contribution is 14.1. The molecule has 6 unspecified atom stereocenters. The maximum Gasteiger partial charge on any atom is 0.260 e. The molecule has 9 nitrogen and oxygen atoms in total. The number of hydrogen-bond acceptors (Lipinski definition) is 7. The first kappa shape index (κ1) is 33.7. The van der Waals surface area contributed by atoms with Gasteiger partial charge in [0.2, 0.25) is 11.8 Å². The Hall–Kier alpha value is -4.39. The van der Waals surface area contributed by atoms with Crippen molar-refractivity contribution in [3.8, 4) is 11.5 Å². The van der Waals surface area contributed by atoms with Gasteiger partial charge in [-0.05, 0) is 119 Å². The zero-order chi connectivity index (χ0) is 35.8. The van der Waals surface area contributed by atoms with Crippen molar-refractivity contribution in [2.45, 2.75) is 24.2 Å². The zero-order valence-electron chi connectivity index (χ0n) is 27.1. The van der Waals surface area contributed by atoms with Gasteiger partial charge in [-0.3, -0.25) is 29.5 Å². The van der Waals surface area contributed by atoms with E-state index in [0.717, 1.165) is 14.2 Å². The van der Waals surface area contributed by atoms with Crippen LogP contribution >= 0.6 is 45.8 Å². The van der Waals surface area contributed by atoms with Crippen molar-refractivity contribution in [1.82, 2.24) is 5.01 Å². The lowest BCUT2D eigenvalue weighted by molar-refractivity contribution is -0.138. The fraction of sp³-hybridized carbons (Fsp3) is 0.231. The van der Waals surface area contributed by atoms with E-state index in [2.05, 4.69) is 28.0 Å². The summed E-state index contributed by atoms with van der Waals surface area (Å²) in [4.78, 5) is 59.8. The topological polar surface area (TPSA) is 116 Å². The van der Waals surface area contributed by atoms with E-state index in [9.17, 15) is 19.5 Å². The molecule has 1 saturated carbocycles. The lowest BCUT2D eigenvalue weighted by Crippen LogP contribution is -2.53. The van der Waals surface area contributed by atoms with Gasteiger partial charge in [-0.15, -0.1) is 0 Å². The first-order chi connectivity index (χ1) is 24.5. The molecule has 2 aliphatic heterocycles. The number of hydrazine groups is 1. The molecule has 2 saturated heterocycles. The molecule has 2 heterocycles. The average molecular weight is 834 g/mol. The number of ether oxygens (including phenoxy) is 1. The largest absolute Gasteiger partial charge is 0.508 e. The monoisotopic (exact) mass is 833 g/mol. The third kappa shape index (κ3) is 5.16. The van der Waals surface area contributed by atoms with Crippen molar-refractivity contribution >= 4 is 80.8 Å². The highest BCUT2D eigenvalue weighted by atomic mass is 127. The van der Waals surface area contributed by atoms with Crippen molar-refractivity contribution in [3.05, 3.63) is 127 Å². The van der Waals surface area contributed by atoms with E-state index in [4.69, 9.17) is 27.9 Å². The highest BCUT2D eigenvalue weighted by Crippen LogP contribution is 2.64. The molecular formula is C39H30Cl2IN3O6. The molecule has 51 heavy (non-hydrogen) atoms. The van der Waals surface area contributed by atoms with Crippen molar-refractivity contribution in [1.29, 1.82) is 0 Å². The van der Waals surface area contributed by atoms with E-state index in [1.54, 1.807) is 79.9 Å². The van der Waals surface area contributed by atoms with Crippen molar-refractivity contribution in [2.24, 2.45) is 23.7 Å². The van der Waals surface area contributed by atoms with Gasteiger partial charge in [0.25, 0.3) is 11.8 Å². The van der Waals surface area contributed by atoms with Crippen LogP contribution in [0.25, 0.3) is 0 Å². The van der Waals surface area contributed by atoms with Crippen LogP contribution in [0.1, 0.15) is 29.9 Å². The summed E-state index contributed by atoms with van der Waals surface area (Å²) >= 11 is 14.9. The molecule has 12 heteroatoms. The number of benzene rings is 4. The van der Waals surface area contributed by atoms with Crippen molar-refractivity contribution in [2.75, 3.05) is 17.4 Å². The summed E-state index contributed by atoms with van der Waals surface area (Å²) in [5, 5.41) is 12.0. The molecular weight excluding hydrogens is 804 g/mol. The quantitative estimate of drug-likeness (QED) is 0.118. The predicted molar refractivity (Wildman–Crippen MR) is 200 cm³/mol. The Labute approximate surface area is 317 Å². The summed E-state index contributed by atoms with van der Waals surface area (Å²) in [6, 6.07) is 25.7. The van der Waals surface area contributed by atoms with Gasteiger partial charge in [0, 0.05) is 14.5 Å². The number of rotatable bonds is 6. The highest BCUT2D eigenvalue weighted by Gasteiger charge is 2.70. The minimum atomic E-state index is -1.48. The molecule has 4 amide bonds. The lowest BCUT2D eigenvalue weighted by atomic mass is 9.49. The number of phenolic OH excluding ortho intramolecular Hbond substituents is 1. The van der Waals surface area contributed by atoms with Crippen LogP contribution in [0.5, 0.6) is 11.5 Å². The zero-order valence-corrected chi connectivity index (χ0v) is 30.7. The van der Waals surface area contributed by atoms with Crippen LogP contribution in [-0.2, 0) is 24.6 Å². The number of imide groups is 2. The summed E-state index contributed by atoms with van der Waals surface area (Å²) in [7, 11) is 1.55. The number of amides is 4. The Morgan fingerprint density at radius 2 is 1.57 bits per heavy atom. The molecule has 8 rings (SSSR count). The summed E-state index contributed by atoms with van der Waals surface area (Å²) in [6.45, 7) is 0. The fourth-order valence-corrected chi connectivity index (χ4v) is 9.54. The molecule has 4 aliphatic rings. The summed E-state index contributed by atoms with van der Waals surface area (Å²) in [5.41, 5.74) is 4.41. The molecule has 0 aromatic heterocycles. The van der Waals surface area contributed by atoms with Crippen LogP contribution in [0.15, 0.2) is 103 Å². The molecule has 0 bridgehead atoms. The van der Waals surface area contributed by atoms with E-state index >= 15 is 4.79 Å². The van der Waals surface area contributed by atoms with Gasteiger partial charge in [0.1, 0.15) is 11.5 Å². The molecule has 4 aromatic rings. The Kier molecular flexibility index (Phi) is 8.39. The third-order valence-corrected chi connectivity index (χ3v) is 12.2. The lowest BCUT2D eigenvalue weighted by Gasteiger charge is -2.50. The van der Waals surface area contributed by atoms with Gasteiger partial charge in [0.05, 0.1) is 46.7 Å². The Bertz CT molecular complexity index is 2140. The molecule has 2 N–H and O–H groups in total. The van der Waals surface area contributed by atoms with E-state index in [1.165, 1.54) is 11.0 Å². The van der Waals surface area contributed by atoms with Crippen molar-refractivity contribution in [3.63, 3.8) is 0 Å². The van der Waals surface area contributed by atoms with Crippen LogP contribution in [0.2, 0.25) is 10.0 Å². The molecule has 258 valence electrons. The van der Waals surface area contributed by atoms with Crippen LogP contribution in [-0.4, -0.2) is 40.9 Å². The summed E-state index contributed by atoms with van der Waals surface area (Å²) < 4.78 is 6.43. The van der Waals surface area contributed by atoms with E-state index in [-0.39, 0.29) is 29.0 Å². The number of nitrogens with zero attached hydrogens (tertiary/aromatic N) is 2.